The number of aliphatic hydroxyl groups is 1. The molecule has 5 nitrogen and oxygen atoms in total. The zero-order valence-corrected chi connectivity index (χ0v) is 23.8. The highest BCUT2D eigenvalue weighted by molar-refractivity contribution is 7.80. The van der Waals surface area contributed by atoms with Crippen molar-refractivity contribution >= 4 is 57.1 Å². The molecule has 0 bridgehead atoms. The van der Waals surface area contributed by atoms with Crippen molar-refractivity contribution in [1.82, 2.24) is 9.88 Å². The third kappa shape index (κ3) is 6.26. The summed E-state index contributed by atoms with van der Waals surface area (Å²) in [6.07, 6.45) is 5.57. The summed E-state index contributed by atoms with van der Waals surface area (Å²) in [7, 11) is 0. The molecule has 1 saturated heterocycles. The summed E-state index contributed by atoms with van der Waals surface area (Å²) in [5, 5.41) is 20.1. The molecule has 202 valence electrons. The molecule has 8 heteroatoms. The summed E-state index contributed by atoms with van der Waals surface area (Å²) in [5.41, 5.74) is 5.71. The number of aromatic nitrogens is 1. The lowest BCUT2D eigenvalue weighted by Crippen LogP contribution is -2.42. The average Bonchev–Trinajstić information content (AvgIpc) is 3.71. The molecule has 1 aliphatic carbocycles. The molecular formula is C31H31Cl2N3O2S. The van der Waals surface area contributed by atoms with Crippen LogP contribution in [0.4, 0.5) is 5.69 Å². The Balaban J connectivity index is 1.17. The maximum atomic E-state index is 10.8. The van der Waals surface area contributed by atoms with E-state index in [9.17, 15) is 5.11 Å². The zero-order valence-electron chi connectivity index (χ0n) is 21.4. The van der Waals surface area contributed by atoms with Gasteiger partial charge in [-0.25, -0.2) is 0 Å². The molecule has 0 spiro atoms. The van der Waals surface area contributed by atoms with Gasteiger partial charge in [0, 0.05) is 41.7 Å². The SMILES string of the molecule is O[C@H]1C[C@@H](CNC(=S)Nc2ccc(Cl)cc2)O[C@@H](n2cc(Cc3ccc(C4CC4)cc3)c3c(Cl)cccc32)C1. The molecule has 4 aromatic rings. The molecule has 2 heterocycles. The number of nitrogens with zero attached hydrogens (tertiary/aromatic N) is 1. The number of anilines is 1. The van der Waals surface area contributed by atoms with Crippen LogP contribution in [-0.2, 0) is 11.2 Å². The van der Waals surface area contributed by atoms with E-state index >= 15 is 0 Å². The Kier molecular flexibility index (Phi) is 7.83. The van der Waals surface area contributed by atoms with Gasteiger partial charge in [0.05, 0.1) is 22.7 Å². The molecule has 0 radical (unpaired) electrons. The number of ether oxygens (including phenoxy) is 1. The summed E-state index contributed by atoms with van der Waals surface area (Å²) in [4.78, 5) is 0. The van der Waals surface area contributed by atoms with Crippen LogP contribution in [0, 0.1) is 0 Å². The van der Waals surface area contributed by atoms with Crippen molar-refractivity contribution in [2.45, 2.75) is 56.5 Å². The summed E-state index contributed by atoms with van der Waals surface area (Å²) in [6.45, 7) is 0.479. The summed E-state index contributed by atoms with van der Waals surface area (Å²) in [5.74, 6) is 0.746. The standard InChI is InChI=1S/C31H31Cl2N3O2S/c32-23-10-12-24(13-11-23)35-31(39)34-17-26-15-25(37)16-29(38-26)36-18-22(30-27(33)2-1-3-28(30)36)14-19-4-6-20(7-5-19)21-8-9-21/h1-7,10-13,18,21,25-26,29,37H,8-9,14-17H2,(H2,34,35,39)/t25-,26-,29+/m0/s1. The molecule has 39 heavy (non-hydrogen) atoms. The number of rotatable bonds is 7. The van der Waals surface area contributed by atoms with Crippen molar-refractivity contribution in [1.29, 1.82) is 0 Å². The largest absolute Gasteiger partial charge is 0.393 e. The first-order chi connectivity index (χ1) is 18.9. The van der Waals surface area contributed by atoms with Crippen LogP contribution in [0.3, 0.4) is 0 Å². The Hall–Kier alpha value is -2.61. The smallest absolute Gasteiger partial charge is 0.170 e. The van der Waals surface area contributed by atoms with E-state index in [1.807, 2.05) is 36.4 Å². The third-order valence-corrected chi connectivity index (χ3v) is 8.38. The van der Waals surface area contributed by atoms with E-state index in [1.54, 1.807) is 0 Å². The quantitative estimate of drug-likeness (QED) is 0.199. The topological polar surface area (TPSA) is 58.4 Å². The fourth-order valence-electron chi connectivity index (χ4n) is 5.46. The van der Waals surface area contributed by atoms with E-state index in [1.165, 1.54) is 24.0 Å². The zero-order chi connectivity index (χ0) is 26.9. The maximum Gasteiger partial charge on any atom is 0.170 e. The fourth-order valence-corrected chi connectivity index (χ4v) is 6.07. The first kappa shape index (κ1) is 26.6. The minimum Gasteiger partial charge on any atom is -0.393 e. The summed E-state index contributed by atoms with van der Waals surface area (Å²) < 4.78 is 8.65. The minimum atomic E-state index is -0.483. The highest BCUT2D eigenvalue weighted by atomic mass is 35.5. The van der Waals surface area contributed by atoms with Gasteiger partial charge in [-0.2, -0.15) is 0 Å². The molecule has 1 aliphatic heterocycles. The van der Waals surface area contributed by atoms with Crippen LogP contribution in [0.15, 0.2) is 72.9 Å². The van der Waals surface area contributed by atoms with Crippen LogP contribution < -0.4 is 10.6 Å². The number of nitrogens with one attached hydrogen (secondary N) is 2. The third-order valence-electron chi connectivity index (χ3n) is 7.57. The van der Waals surface area contributed by atoms with Gasteiger partial charge in [0.15, 0.2) is 5.11 Å². The van der Waals surface area contributed by atoms with Gasteiger partial charge in [0.25, 0.3) is 0 Å². The molecule has 1 aromatic heterocycles. The van der Waals surface area contributed by atoms with E-state index < -0.39 is 6.10 Å². The van der Waals surface area contributed by atoms with Gasteiger partial charge < -0.3 is 25.0 Å². The van der Waals surface area contributed by atoms with Crippen LogP contribution in [0.2, 0.25) is 10.0 Å². The highest BCUT2D eigenvalue weighted by Crippen LogP contribution is 2.40. The first-order valence-corrected chi connectivity index (χ1v) is 14.6. The maximum absolute atomic E-state index is 10.8. The van der Waals surface area contributed by atoms with E-state index in [2.05, 4.69) is 51.7 Å². The molecule has 0 amide bonds. The molecule has 6 rings (SSSR count). The fraction of sp³-hybridized carbons (Fsp3) is 0.323. The number of thiocarbonyl (C=S) groups is 1. The number of fused-ring (bicyclic) bond motifs is 1. The Morgan fingerprint density at radius 3 is 2.51 bits per heavy atom. The number of hydrogen-bond acceptors (Lipinski definition) is 3. The van der Waals surface area contributed by atoms with Crippen LogP contribution in [0.1, 0.15) is 54.5 Å². The Morgan fingerprint density at radius 1 is 1.00 bits per heavy atom. The van der Waals surface area contributed by atoms with E-state index in [-0.39, 0.29) is 12.3 Å². The van der Waals surface area contributed by atoms with Gasteiger partial charge >= 0.3 is 0 Å². The Labute approximate surface area is 244 Å². The predicted octanol–water partition coefficient (Wildman–Crippen LogP) is 7.44. The number of hydrogen-bond donors (Lipinski definition) is 3. The van der Waals surface area contributed by atoms with Crippen molar-refractivity contribution in [3.63, 3.8) is 0 Å². The first-order valence-electron chi connectivity index (χ1n) is 13.4. The highest BCUT2D eigenvalue weighted by Gasteiger charge is 2.31. The molecule has 3 N–H and O–H groups in total. The molecule has 2 fully saturated rings. The molecule has 1 saturated carbocycles. The van der Waals surface area contributed by atoms with Crippen molar-refractivity contribution in [2.24, 2.45) is 0 Å². The van der Waals surface area contributed by atoms with Crippen molar-refractivity contribution < 1.29 is 9.84 Å². The molecule has 3 atom stereocenters. The molecule has 2 aliphatic rings. The summed E-state index contributed by atoms with van der Waals surface area (Å²) >= 11 is 18.2. The monoisotopic (exact) mass is 579 g/mol. The molecule has 3 aromatic carbocycles. The van der Waals surface area contributed by atoms with Gasteiger partial charge in [0.2, 0.25) is 0 Å². The minimum absolute atomic E-state index is 0.209. The van der Waals surface area contributed by atoms with E-state index in [0.717, 1.165) is 39.5 Å². The lowest BCUT2D eigenvalue weighted by molar-refractivity contribution is -0.124. The van der Waals surface area contributed by atoms with Gasteiger partial charge in [-0.05, 0) is 90.5 Å². The van der Waals surface area contributed by atoms with Crippen molar-refractivity contribution in [3.8, 4) is 0 Å². The van der Waals surface area contributed by atoms with Crippen molar-refractivity contribution in [3.05, 3.63) is 99.7 Å². The van der Waals surface area contributed by atoms with Gasteiger partial charge in [-0.15, -0.1) is 0 Å². The average molecular weight is 581 g/mol. The molecular weight excluding hydrogens is 549 g/mol. The van der Waals surface area contributed by atoms with Gasteiger partial charge in [-0.3, -0.25) is 0 Å². The number of halogens is 2. The lowest BCUT2D eigenvalue weighted by Gasteiger charge is -2.34. The normalized spacial score (nSPS) is 21.2. The van der Waals surface area contributed by atoms with Crippen LogP contribution in [-0.4, -0.2) is 33.5 Å². The van der Waals surface area contributed by atoms with Gasteiger partial charge in [-0.1, -0.05) is 53.5 Å². The lowest BCUT2D eigenvalue weighted by atomic mass is 10.0. The van der Waals surface area contributed by atoms with Gasteiger partial charge in [0.1, 0.15) is 6.23 Å². The number of aliphatic hydroxyl groups excluding tert-OH is 1. The van der Waals surface area contributed by atoms with Crippen LogP contribution >= 0.6 is 35.4 Å². The van der Waals surface area contributed by atoms with Crippen LogP contribution in [0.5, 0.6) is 0 Å². The summed E-state index contributed by atoms with van der Waals surface area (Å²) in [6, 6.07) is 22.3. The Bertz CT molecular complexity index is 1470. The second-order valence-electron chi connectivity index (χ2n) is 10.6. The van der Waals surface area contributed by atoms with Crippen LogP contribution in [0.25, 0.3) is 10.9 Å². The number of benzene rings is 3. The molecule has 0 unspecified atom stereocenters. The van der Waals surface area contributed by atoms with E-state index in [0.29, 0.717) is 29.5 Å². The predicted molar refractivity (Wildman–Crippen MR) is 163 cm³/mol. The van der Waals surface area contributed by atoms with E-state index in [4.69, 9.17) is 40.2 Å². The second-order valence-corrected chi connectivity index (χ2v) is 11.8. The Morgan fingerprint density at radius 2 is 1.77 bits per heavy atom. The van der Waals surface area contributed by atoms with Crippen molar-refractivity contribution in [2.75, 3.05) is 11.9 Å². The second kappa shape index (κ2) is 11.5.